The van der Waals surface area contributed by atoms with E-state index in [2.05, 4.69) is 6.92 Å². The summed E-state index contributed by atoms with van der Waals surface area (Å²) in [6.07, 6.45) is 4.13. The molecule has 2 aromatic rings. The van der Waals surface area contributed by atoms with E-state index in [0.717, 1.165) is 31.2 Å². The highest BCUT2D eigenvalue weighted by Gasteiger charge is 2.20. The number of rotatable bonds is 5. The second kappa shape index (κ2) is 6.74. The van der Waals surface area contributed by atoms with E-state index in [9.17, 15) is 17.6 Å². The van der Waals surface area contributed by atoms with Crippen molar-refractivity contribution in [3.63, 3.8) is 0 Å². The summed E-state index contributed by atoms with van der Waals surface area (Å²) >= 11 is 0. The van der Waals surface area contributed by atoms with Gasteiger partial charge in [-0.15, -0.1) is 0 Å². The van der Waals surface area contributed by atoms with Crippen molar-refractivity contribution in [3.8, 4) is 11.1 Å². The van der Waals surface area contributed by atoms with Gasteiger partial charge in [-0.1, -0.05) is 44.0 Å². The monoisotopic (exact) mass is 296 g/mol. The lowest BCUT2D eigenvalue weighted by Crippen LogP contribution is -1.98. The van der Waals surface area contributed by atoms with Crippen LogP contribution in [0.4, 0.5) is 17.6 Å². The van der Waals surface area contributed by atoms with Crippen molar-refractivity contribution in [3.05, 3.63) is 59.2 Å². The van der Waals surface area contributed by atoms with Crippen LogP contribution in [0.1, 0.15) is 31.7 Å². The Balaban J connectivity index is 2.31. The Labute approximate surface area is 121 Å². The molecule has 0 unspecified atom stereocenters. The number of unbranched alkanes of at least 4 members (excludes halogenated alkanes) is 2. The minimum atomic E-state index is -1.39. The SMILES string of the molecule is CCCCCc1ccc(-c2c(F)c(F)cc(F)c2F)cc1. The van der Waals surface area contributed by atoms with Crippen molar-refractivity contribution in [2.24, 2.45) is 0 Å². The first kappa shape index (κ1) is 15.5. The van der Waals surface area contributed by atoms with Gasteiger partial charge in [0.2, 0.25) is 0 Å². The molecule has 0 amide bonds. The minimum absolute atomic E-state index is 0.127. The molecule has 0 fully saturated rings. The molecule has 2 rings (SSSR count). The molecule has 0 aliphatic heterocycles. The molecule has 0 nitrogen and oxygen atoms in total. The zero-order valence-electron chi connectivity index (χ0n) is 11.7. The van der Waals surface area contributed by atoms with Gasteiger partial charge in [0, 0.05) is 6.07 Å². The molecular formula is C17H16F4. The van der Waals surface area contributed by atoms with Gasteiger partial charge in [0.1, 0.15) is 0 Å². The van der Waals surface area contributed by atoms with Crippen LogP contribution in [0.5, 0.6) is 0 Å². The molecule has 21 heavy (non-hydrogen) atoms. The van der Waals surface area contributed by atoms with Crippen molar-refractivity contribution in [1.82, 2.24) is 0 Å². The second-order valence-corrected chi connectivity index (χ2v) is 5.00. The van der Waals surface area contributed by atoms with Crippen LogP contribution < -0.4 is 0 Å². The van der Waals surface area contributed by atoms with Crippen LogP contribution in [0.3, 0.4) is 0 Å². The summed E-state index contributed by atoms with van der Waals surface area (Å²) in [5.74, 6) is -5.52. The number of benzene rings is 2. The maximum absolute atomic E-state index is 13.7. The molecular weight excluding hydrogens is 280 g/mol. The van der Waals surface area contributed by atoms with Gasteiger partial charge in [0.15, 0.2) is 23.3 Å². The van der Waals surface area contributed by atoms with Crippen LogP contribution in [0.25, 0.3) is 11.1 Å². The lowest BCUT2D eigenvalue weighted by molar-refractivity contribution is 0.458. The van der Waals surface area contributed by atoms with E-state index < -0.39 is 28.8 Å². The average molecular weight is 296 g/mol. The standard InChI is InChI=1S/C17H16F4/c1-2-3-4-5-11-6-8-12(9-7-11)15-16(20)13(18)10-14(19)17(15)21/h6-10H,2-5H2,1H3. The summed E-state index contributed by atoms with van der Waals surface area (Å²) in [6, 6.07) is 6.65. The quantitative estimate of drug-likeness (QED) is 0.380. The molecule has 0 spiro atoms. The first-order chi connectivity index (χ1) is 10.0. The van der Waals surface area contributed by atoms with Gasteiger partial charge in [-0.25, -0.2) is 17.6 Å². The van der Waals surface area contributed by atoms with Crippen LogP contribution in [0.15, 0.2) is 30.3 Å². The fourth-order valence-electron chi connectivity index (χ4n) is 2.24. The highest BCUT2D eigenvalue weighted by atomic mass is 19.2. The second-order valence-electron chi connectivity index (χ2n) is 5.00. The van der Waals surface area contributed by atoms with Crippen LogP contribution in [-0.4, -0.2) is 0 Å². The van der Waals surface area contributed by atoms with E-state index in [1.807, 2.05) is 0 Å². The van der Waals surface area contributed by atoms with Crippen LogP contribution in [-0.2, 0) is 6.42 Å². The zero-order valence-corrected chi connectivity index (χ0v) is 11.7. The summed E-state index contributed by atoms with van der Waals surface area (Å²) in [4.78, 5) is 0. The van der Waals surface area contributed by atoms with E-state index in [1.165, 1.54) is 12.1 Å². The van der Waals surface area contributed by atoms with Gasteiger partial charge in [-0.3, -0.25) is 0 Å². The molecule has 0 N–H and O–H groups in total. The van der Waals surface area contributed by atoms with E-state index in [-0.39, 0.29) is 11.6 Å². The van der Waals surface area contributed by atoms with Gasteiger partial charge >= 0.3 is 0 Å². The predicted molar refractivity (Wildman–Crippen MR) is 74.9 cm³/mol. The van der Waals surface area contributed by atoms with E-state index in [0.29, 0.717) is 0 Å². The summed E-state index contributed by atoms with van der Waals surface area (Å²) in [7, 11) is 0. The van der Waals surface area contributed by atoms with Crippen LogP contribution in [0.2, 0.25) is 0 Å². The van der Waals surface area contributed by atoms with Crippen molar-refractivity contribution in [2.45, 2.75) is 32.6 Å². The van der Waals surface area contributed by atoms with E-state index in [1.54, 1.807) is 12.1 Å². The smallest absolute Gasteiger partial charge is 0.169 e. The Kier molecular flexibility index (Phi) is 4.99. The van der Waals surface area contributed by atoms with Gasteiger partial charge in [-0.2, -0.15) is 0 Å². The zero-order chi connectivity index (χ0) is 15.4. The lowest BCUT2D eigenvalue weighted by Gasteiger charge is -2.08. The molecule has 0 saturated carbocycles. The van der Waals surface area contributed by atoms with E-state index in [4.69, 9.17) is 0 Å². The van der Waals surface area contributed by atoms with Crippen molar-refractivity contribution < 1.29 is 17.6 Å². The number of hydrogen-bond acceptors (Lipinski definition) is 0. The molecule has 0 bridgehead atoms. The molecule has 0 saturated heterocycles. The Morgan fingerprint density at radius 3 is 1.90 bits per heavy atom. The number of halogens is 4. The predicted octanol–water partition coefficient (Wildman–Crippen LogP) is 5.64. The molecule has 0 aromatic heterocycles. The molecule has 0 atom stereocenters. The summed E-state index contributed by atoms with van der Waals surface area (Å²) < 4.78 is 53.8. The topological polar surface area (TPSA) is 0 Å². The van der Waals surface area contributed by atoms with Gasteiger partial charge < -0.3 is 0 Å². The van der Waals surface area contributed by atoms with Crippen molar-refractivity contribution >= 4 is 0 Å². The molecule has 0 heterocycles. The van der Waals surface area contributed by atoms with Gasteiger partial charge in [0.05, 0.1) is 5.56 Å². The third kappa shape index (κ3) is 3.43. The highest BCUT2D eigenvalue weighted by Crippen LogP contribution is 2.29. The van der Waals surface area contributed by atoms with Crippen LogP contribution in [0, 0.1) is 23.3 Å². The first-order valence-corrected chi connectivity index (χ1v) is 6.97. The van der Waals surface area contributed by atoms with Crippen LogP contribution >= 0.6 is 0 Å². The fourth-order valence-corrected chi connectivity index (χ4v) is 2.24. The third-order valence-electron chi connectivity index (χ3n) is 3.42. The number of hydrogen-bond donors (Lipinski definition) is 0. The largest absolute Gasteiger partial charge is 0.204 e. The Morgan fingerprint density at radius 2 is 1.38 bits per heavy atom. The Hall–Kier alpha value is -1.84. The lowest BCUT2D eigenvalue weighted by atomic mass is 10.00. The maximum Gasteiger partial charge on any atom is 0.169 e. The third-order valence-corrected chi connectivity index (χ3v) is 3.42. The molecule has 0 aliphatic carbocycles. The maximum atomic E-state index is 13.7. The first-order valence-electron chi connectivity index (χ1n) is 6.97. The summed E-state index contributed by atoms with van der Waals surface area (Å²) in [5.41, 5.74) is 0.500. The highest BCUT2D eigenvalue weighted by molar-refractivity contribution is 5.65. The fraction of sp³-hybridized carbons (Fsp3) is 0.294. The summed E-state index contributed by atoms with van der Waals surface area (Å²) in [5, 5.41) is 0. The normalized spacial score (nSPS) is 10.9. The van der Waals surface area contributed by atoms with Crippen molar-refractivity contribution in [1.29, 1.82) is 0 Å². The molecule has 112 valence electrons. The Morgan fingerprint density at radius 1 is 0.810 bits per heavy atom. The van der Waals surface area contributed by atoms with Crippen molar-refractivity contribution in [2.75, 3.05) is 0 Å². The Bertz CT molecular complexity index is 591. The van der Waals surface area contributed by atoms with Gasteiger partial charge in [-0.05, 0) is 24.0 Å². The number of aryl methyl sites for hydroxylation is 1. The summed E-state index contributed by atoms with van der Waals surface area (Å²) in [6.45, 7) is 2.10. The molecule has 0 aliphatic rings. The van der Waals surface area contributed by atoms with E-state index >= 15 is 0 Å². The minimum Gasteiger partial charge on any atom is -0.204 e. The van der Waals surface area contributed by atoms with Gasteiger partial charge in [0.25, 0.3) is 0 Å². The molecule has 0 radical (unpaired) electrons. The average Bonchev–Trinajstić information content (AvgIpc) is 2.47. The molecule has 2 aromatic carbocycles. The molecule has 4 heteroatoms.